The zero-order valence-electron chi connectivity index (χ0n) is 17.6. The summed E-state index contributed by atoms with van der Waals surface area (Å²) in [5.74, 6) is 1.18. The lowest BCUT2D eigenvalue weighted by atomic mass is 9.99. The standard InChI is InChI=1S/C24H26N3O4P/c28-32(29,30)17-25-16-19-14-15-22(21-12-6-5-11-20(19)21)24-26-23(31-27-24)13-7-4-10-18-8-2-1-3-9-18/h1-3,5-6,8-9,11-12,14-15,25H,4,7,10,13,16-17H2,(H2,28,29,30). The van der Waals surface area contributed by atoms with E-state index in [4.69, 9.17) is 14.3 Å². The molecule has 0 spiro atoms. The number of hydrogen-bond acceptors (Lipinski definition) is 5. The van der Waals surface area contributed by atoms with Gasteiger partial charge in [0.15, 0.2) is 0 Å². The van der Waals surface area contributed by atoms with E-state index < -0.39 is 7.60 Å². The summed E-state index contributed by atoms with van der Waals surface area (Å²) in [4.78, 5) is 22.7. The molecular formula is C24H26N3O4P. The fraction of sp³-hybridized carbons (Fsp3) is 0.250. The van der Waals surface area contributed by atoms with E-state index in [0.717, 1.165) is 47.6 Å². The molecule has 0 bridgehead atoms. The summed E-state index contributed by atoms with van der Waals surface area (Å²) in [6.45, 7) is 0.352. The Morgan fingerprint density at radius 2 is 1.59 bits per heavy atom. The van der Waals surface area contributed by atoms with Crippen LogP contribution in [0, 0.1) is 0 Å². The minimum absolute atomic E-state index is 0.352. The molecule has 4 aromatic rings. The van der Waals surface area contributed by atoms with Crippen LogP contribution in [0.4, 0.5) is 0 Å². The molecule has 0 aliphatic rings. The Bertz CT molecular complexity index is 1220. The molecule has 166 valence electrons. The number of unbranched alkanes of at least 4 members (excludes halogenated alkanes) is 1. The van der Waals surface area contributed by atoms with Gasteiger partial charge in [0.2, 0.25) is 11.7 Å². The van der Waals surface area contributed by atoms with Crippen LogP contribution in [-0.4, -0.2) is 26.2 Å². The second-order valence-electron chi connectivity index (χ2n) is 7.77. The molecule has 3 N–H and O–H groups in total. The Morgan fingerprint density at radius 3 is 2.38 bits per heavy atom. The van der Waals surface area contributed by atoms with Crippen LogP contribution >= 0.6 is 7.60 Å². The summed E-state index contributed by atoms with van der Waals surface area (Å²) in [6.07, 6.45) is 3.44. The maximum absolute atomic E-state index is 11.1. The molecule has 0 radical (unpaired) electrons. The number of nitrogens with one attached hydrogen (secondary N) is 1. The average molecular weight is 451 g/mol. The quantitative estimate of drug-likeness (QED) is 0.237. The summed E-state index contributed by atoms with van der Waals surface area (Å²) < 4.78 is 16.6. The van der Waals surface area contributed by atoms with E-state index in [9.17, 15) is 4.57 Å². The first-order valence-corrected chi connectivity index (χ1v) is 12.4. The van der Waals surface area contributed by atoms with E-state index in [-0.39, 0.29) is 6.29 Å². The summed E-state index contributed by atoms with van der Waals surface area (Å²) in [7, 11) is -4.09. The predicted octanol–water partition coefficient (Wildman–Crippen LogP) is 4.68. The van der Waals surface area contributed by atoms with Crippen LogP contribution in [0.5, 0.6) is 0 Å². The zero-order chi connectivity index (χ0) is 22.4. The van der Waals surface area contributed by atoms with Gasteiger partial charge in [0.05, 0.1) is 6.29 Å². The van der Waals surface area contributed by atoms with Gasteiger partial charge in [0.25, 0.3) is 0 Å². The van der Waals surface area contributed by atoms with E-state index in [1.165, 1.54) is 5.56 Å². The van der Waals surface area contributed by atoms with Gasteiger partial charge in [-0.15, -0.1) is 0 Å². The minimum Gasteiger partial charge on any atom is -0.339 e. The van der Waals surface area contributed by atoms with Crippen molar-refractivity contribution in [1.29, 1.82) is 0 Å². The van der Waals surface area contributed by atoms with Crippen LogP contribution in [0.1, 0.15) is 29.9 Å². The molecule has 0 aliphatic carbocycles. The molecule has 1 heterocycles. The lowest BCUT2D eigenvalue weighted by molar-refractivity contribution is 0.368. The van der Waals surface area contributed by atoms with Crippen molar-refractivity contribution in [2.75, 3.05) is 6.29 Å². The van der Waals surface area contributed by atoms with Gasteiger partial charge < -0.3 is 19.6 Å². The van der Waals surface area contributed by atoms with E-state index in [0.29, 0.717) is 18.3 Å². The first kappa shape index (κ1) is 22.4. The maximum Gasteiger partial charge on any atom is 0.339 e. The molecule has 0 unspecified atom stereocenters. The molecule has 1 aromatic heterocycles. The number of nitrogens with zero attached hydrogens (tertiary/aromatic N) is 2. The number of aryl methyl sites for hydroxylation is 2. The van der Waals surface area contributed by atoms with E-state index >= 15 is 0 Å². The van der Waals surface area contributed by atoms with Crippen LogP contribution < -0.4 is 5.32 Å². The highest BCUT2D eigenvalue weighted by atomic mass is 31.2. The van der Waals surface area contributed by atoms with Crippen molar-refractivity contribution in [3.05, 3.63) is 83.7 Å². The maximum atomic E-state index is 11.1. The van der Waals surface area contributed by atoms with E-state index in [2.05, 4.69) is 39.7 Å². The van der Waals surface area contributed by atoms with Gasteiger partial charge in [-0.25, -0.2) is 0 Å². The van der Waals surface area contributed by atoms with Crippen molar-refractivity contribution < 1.29 is 18.9 Å². The van der Waals surface area contributed by atoms with Crippen LogP contribution in [0.2, 0.25) is 0 Å². The minimum atomic E-state index is -4.09. The van der Waals surface area contributed by atoms with Crippen molar-refractivity contribution in [1.82, 2.24) is 15.5 Å². The Balaban J connectivity index is 1.44. The molecule has 0 atom stereocenters. The number of hydrogen-bond donors (Lipinski definition) is 3. The largest absolute Gasteiger partial charge is 0.339 e. The van der Waals surface area contributed by atoms with Crippen molar-refractivity contribution in [3.63, 3.8) is 0 Å². The zero-order valence-corrected chi connectivity index (χ0v) is 18.5. The third-order valence-electron chi connectivity index (χ3n) is 5.31. The summed E-state index contributed by atoms with van der Waals surface area (Å²) in [6, 6.07) is 22.1. The van der Waals surface area contributed by atoms with Gasteiger partial charge >= 0.3 is 7.60 Å². The summed E-state index contributed by atoms with van der Waals surface area (Å²) in [5, 5.41) is 8.97. The van der Waals surface area contributed by atoms with E-state index in [1.54, 1.807) is 0 Å². The molecule has 0 aliphatic heterocycles. The third-order valence-corrected chi connectivity index (χ3v) is 5.94. The molecular weight excluding hydrogens is 425 g/mol. The molecule has 0 amide bonds. The molecule has 0 saturated carbocycles. The SMILES string of the molecule is O=P(O)(O)CNCc1ccc(-c2noc(CCCCc3ccccc3)n2)c2ccccc12. The molecule has 3 aromatic carbocycles. The first-order valence-electron chi connectivity index (χ1n) is 10.6. The van der Waals surface area contributed by atoms with Crippen molar-refractivity contribution in [3.8, 4) is 11.4 Å². The number of fused-ring (bicyclic) bond motifs is 1. The Morgan fingerprint density at radius 1 is 0.875 bits per heavy atom. The highest BCUT2D eigenvalue weighted by Gasteiger charge is 2.15. The molecule has 7 nitrogen and oxygen atoms in total. The van der Waals surface area contributed by atoms with Gasteiger partial charge in [-0.2, -0.15) is 4.98 Å². The van der Waals surface area contributed by atoms with Crippen LogP contribution in [-0.2, 0) is 24.0 Å². The monoisotopic (exact) mass is 451 g/mol. The van der Waals surface area contributed by atoms with Gasteiger partial charge in [-0.1, -0.05) is 71.9 Å². The lowest BCUT2D eigenvalue weighted by Gasteiger charge is -2.11. The number of benzene rings is 3. The van der Waals surface area contributed by atoms with Crippen molar-refractivity contribution in [2.45, 2.75) is 32.2 Å². The normalized spacial score (nSPS) is 11.8. The summed E-state index contributed by atoms with van der Waals surface area (Å²) >= 11 is 0. The molecule has 32 heavy (non-hydrogen) atoms. The fourth-order valence-corrected chi connectivity index (χ4v) is 4.17. The van der Waals surface area contributed by atoms with Crippen LogP contribution in [0.3, 0.4) is 0 Å². The third kappa shape index (κ3) is 5.90. The van der Waals surface area contributed by atoms with Crippen molar-refractivity contribution >= 4 is 18.4 Å². The average Bonchev–Trinajstić information content (AvgIpc) is 3.25. The number of aromatic nitrogens is 2. The van der Waals surface area contributed by atoms with Crippen LogP contribution in [0.15, 0.2) is 71.3 Å². The Hall–Kier alpha value is -2.83. The smallest absolute Gasteiger partial charge is 0.339 e. The molecule has 0 saturated heterocycles. The van der Waals surface area contributed by atoms with Gasteiger partial charge in [-0.05, 0) is 41.2 Å². The predicted molar refractivity (Wildman–Crippen MR) is 124 cm³/mol. The molecule has 4 rings (SSSR count). The summed E-state index contributed by atoms with van der Waals surface area (Å²) in [5.41, 5.74) is 3.15. The van der Waals surface area contributed by atoms with Crippen LogP contribution in [0.25, 0.3) is 22.2 Å². The molecule has 0 fully saturated rings. The Labute approximate surface area is 186 Å². The topological polar surface area (TPSA) is 108 Å². The number of rotatable bonds is 10. The second kappa shape index (κ2) is 10.2. The molecule has 8 heteroatoms. The van der Waals surface area contributed by atoms with Gasteiger partial charge in [0.1, 0.15) is 0 Å². The highest BCUT2D eigenvalue weighted by molar-refractivity contribution is 7.51. The lowest BCUT2D eigenvalue weighted by Crippen LogP contribution is -2.15. The first-order chi connectivity index (χ1) is 15.5. The van der Waals surface area contributed by atoms with Crippen molar-refractivity contribution in [2.24, 2.45) is 0 Å². The van der Waals surface area contributed by atoms with E-state index in [1.807, 2.05) is 42.5 Å². The second-order valence-corrected chi connectivity index (χ2v) is 9.42. The highest BCUT2D eigenvalue weighted by Crippen LogP contribution is 2.33. The Kier molecular flexibility index (Phi) is 7.12. The van der Waals surface area contributed by atoms with Gasteiger partial charge in [0, 0.05) is 18.5 Å². The van der Waals surface area contributed by atoms with Gasteiger partial charge in [-0.3, -0.25) is 4.57 Å². The fourth-order valence-electron chi connectivity index (χ4n) is 3.76.